The number of nitrogens with zero attached hydrogens (tertiary/aromatic N) is 1. The Morgan fingerprint density at radius 3 is 2.35 bits per heavy atom. The summed E-state index contributed by atoms with van der Waals surface area (Å²) in [4.78, 5) is 24.9. The van der Waals surface area contributed by atoms with Crippen molar-refractivity contribution in [2.45, 2.75) is 40.2 Å². The van der Waals surface area contributed by atoms with Gasteiger partial charge < -0.3 is 18.8 Å². The van der Waals surface area contributed by atoms with Crippen LogP contribution in [-0.4, -0.2) is 28.9 Å². The van der Waals surface area contributed by atoms with E-state index in [0.717, 1.165) is 24.2 Å². The van der Waals surface area contributed by atoms with Crippen molar-refractivity contribution in [2.75, 3.05) is 7.05 Å². The molecule has 2 aromatic heterocycles. The van der Waals surface area contributed by atoms with Gasteiger partial charge in [0.25, 0.3) is 5.91 Å². The van der Waals surface area contributed by atoms with Gasteiger partial charge in [-0.2, -0.15) is 0 Å². The molecule has 124 valence electrons. The van der Waals surface area contributed by atoms with Crippen molar-refractivity contribution in [1.29, 1.82) is 0 Å². The van der Waals surface area contributed by atoms with Crippen molar-refractivity contribution in [2.24, 2.45) is 0 Å². The number of carbonyl (C=O) groups is 2. The molecule has 0 aliphatic heterocycles. The first kappa shape index (κ1) is 16.9. The molecule has 1 amide bonds. The van der Waals surface area contributed by atoms with Gasteiger partial charge in [-0.15, -0.1) is 0 Å². The minimum Gasteiger partial charge on any atom is -0.478 e. The molecule has 6 heteroatoms. The molecule has 6 nitrogen and oxygen atoms in total. The molecule has 0 saturated carbocycles. The van der Waals surface area contributed by atoms with Crippen molar-refractivity contribution in [1.82, 2.24) is 4.90 Å². The normalized spacial score (nSPS) is 10.8. The molecule has 0 bridgehead atoms. The standard InChI is InChI=1S/C17H21NO5/c1-5-11-7-15(23-14(11)6-2)16(19)18(4)9-12-8-13(17(20)21)10(3)22-12/h7-8H,5-6,9H2,1-4H3,(H,20,21). The van der Waals surface area contributed by atoms with Gasteiger partial charge in [-0.25, -0.2) is 4.79 Å². The molecule has 2 heterocycles. The van der Waals surface area contributed by atoms with E-state index in [9.17, 15) is 9.59 Å². The highest BCUT2D eigenvalue weighted by molar-refractivity contribution is 5.92. The van der Waals surface area contributed by atoms with Crippen LogP contribution in [0.2, 0.25) is 0 Å². The summed E-state index contributed by atoms with van der Waals surface area (Å²) in [7, 11) is 1.63. The minimum absolute atomic E-state index is 0.111. The molecule has 0 atom stereocenters. The van der Waals surface area contributed by atoms with Gasteiger partial charge in [0, 0.05) is 13.5 Å². The van der Waals surface area contributed by atoms with Crippen LogP contribution >= 0.6 is 0 Å². The van der Waals surface area contributed by atoms with Gasteiger partial charge in [0.05, 0.1) is 6.54 Å². The van der Waals surface area contributed by atoms with Gasteiger partial charge >= 0.3 is 5.97 Å². The Morgan fingerprint density at radius 2 is 1.87 bits per heavy atom. The number of carboxylic acids is 1. The molecule has 0 saturated heterocycles. The summed E-state index contributed by atoms with van der Waals surface area (Å²) in [6.07, 6.45) is 1.54. The Hall–Kier alpha value is -2.50. The van der Waals surface area contributed by atoms with E-state index in [1.807, 2.05) is 13.8 Å². The van der Waals surface area contributed by atoms with E-state index in [0.29, 0.717) is 17.3 Å². The third-order valence-corrected chi connectivity index (χ3v) is 3.75. The molecule has 1 N–H and O–H groups in total. The molecule has 0 aromatic carbocycles. The zero-order valence-electron chi connectivity index (χ0n) is 13.8. The second-order valence-electron chi connectivity index (χ2n) is 5.42. The van der Waals surface area contributed by atoms with Crippen LogP contribution < -0.4 is 0 Å². The molecule has 23 heavy (non-hydrogen) atoms. The molecule has 0 unspecified atom stereocenters. The maximum atomic E-state index is 12.4. The van der Waals surface area contributed by atoms with E-state index in [1.165, 1.54) is 11.0 Å². The van der Waals surface area contributed by atoms with Crippen LogP contribution in [0.25, 0.3) is 0 Å². The summed E-state index contributed by atoms with van der Waals surface area (Å²) in [5.41, 5.74) is 1.15. The summed E-state index contributed by atoms with van der Waals surface area (Å²) in [6.45, 7) is 5.76. The second kappa shape index (κ2) is 6.73. The summed E-state index contributed by atoms with van der Waals surface area (Å²) < 4.78 is 11.0. The third kappa shape index (κ3) is 3.47. The number of aromatic carboxylic acids is 1. The highest BCUT2D eigenvalue weighted by Crippen LogP contribution is 2.20. The van der Waals surface area contributed by atoms with E-state index >= 15 is 0 Å². The fourth-order valence-electron chi connectivity index (χ4n) is 2.50. The number of hydrogen-bond acceptors (Lipinski definition) is 4. The van der Waals surface area contributed by atoms with E-state index in [-0.39, 0.29) is 18.0 Å². The van der Waals surface area contributed by atoms with Gasteiger partial charge in [-0.1, -0.05) is 13.8 Å². The predicted molar refractivity (Wildman–Crippen MR) is 83.7 cm³/mol. The molecule has 2 aromatic rings. The van der Waals surface area contributed by atoms with Crippen molar-refractivity contribution < 1.29 is 23.5 Å². The molecule has 0 radical (unpaired) electrons. The first-order valence-electron chi connectivity index (χ1n) is 7.56. The fourth-order valence-corrected chi connectivity index (χ4v) is 2.50. The number of furan rings is 2. The highest BCUT2D eigenvalue weighted by atomic mass is 16.4. The first-order chi connectivity index (χ1) is 10.9. The smallest absolute Gasteiger partial charge is 0.339 e. The number of rotatable bonds is 6. The van der Waals surface area contributed by atoms with Crippen LogP contribution in [0.3, 0.4) is 0 Å². The molecular formula is C17H21NO5. The predicted octanol–water partition coefficient (Wildman–Crippen LogP) is 3.28. The zero-order chi connectivity index (χ0) is 17.1. The molecule has 0 fully saturated rings. The Bertz CT molecular complexity index is 704. The lowest BCUT2D eigenvalue weighted by Crippen LogP contribution is -2.25. The van der Waals surface area contributed by atoms with E-state index in [1.54, 1.807) is 20.0 Å². The van der Waals surface area contributed by atoms with Crippen LogP contribution in [0.5, 0.6) is 0 Å². The molecule has 0 spiro atoms. The third-order valence-electron chi connectivity index (χ3n) is 3.75. The first-order valence-corrected chi connectivity index (χ1v) is 7.56. The number of carbonyl (C=O) groups excluding carboxylic acids is 1. The van der Waals surface area contributed by atoms with Gasteiger partial charge in [-0.3, -0.25) is 4.79 Å². The van der Waals surface area contributed by atoms with Crippen molar-refractivity contribution in [3.63, 3.8) is 0 Å². The molecular weight excluding hydrogens is 298 g/mol. The Morgan fingerprint density at radius 1 is 1.17 bits per heavy atom. The van der Waals surface area contributed by atoms with Crippen LogP contribution in [0.1, 0.15) is 57.6 Å². The van der Waals surface area contributed by atoms with E-state index in [4.69, 9.17) is 13.9 Å². The molecule has 2 rings (SSSR count). The highest BCUT2D eigenvalue weighted by Gasteiger charge is 2.21. The molecule has 0 aliphatic carbocycles. The summed E-state index contributed by atoms with van der Waals surface area (Å²) in [6, 6.07) is 3.21. The zero-order valence-corrected chi connectivity index (χ0v) is 13.8. The number of hydrogen-bond donors (Lipinski definition) is 1. The number of amides is 1. The quantitative estimate of drug-likeness (QED) is 0.883. The number of aryl methyl sites for hydroxylation is 3. The lowest BCUT2D eigenvalue weighted by atomic mass is 10.1. The second-order valence-corrected chi connectivity index (χ2v) is 5.42. The topological polar surface area (TPSA) is 83.9 Å². The maximum Gasteiger partial charge on any atom is 0.339 e. The van der Waals surface area contributed by atoms with Crippen LogP contribution in [0.15, 0.2) is 21.0 Å². The lowest BCUT2D eigenvalue weighted by Gasteiger charge is -2.13. The molecule has 0 aliphatic rings. The lowest BCUT2D eigenvalue weighted by molar-refractivity contribution is 0.0693. The fraction of sp³-hybridized carbons (Fsp3) is 0.412. The van der Waals surface area contributed by atoms with E-state index < -0.39 is 5.97 Å². The van der Waals surface area contributed by atoms with Crippen molar-refractivity contribution >= 4 is 11.9 Å². The Kier molecular flexibility index (Phi) is 4.93. The van der Waals surface area contributed by atoms with E-state index in [2.05, 4.69) is 0 Å². The van der Waals surface area contributed by atoms with Gasteiger partial charge in [0.2, 0.25) is 0 Å². The van der Waals surface area contributed by atoms with Crippen molar-refractivity contribution in [3.8, 4) is 0 Å². The van der Waals surface area contributed by atoms with Crippen LogP contribution in [0, 0.1) is 6.92 Å². The van der Waals surface area contributed by atoms with Gasteiger partial charge in [0.15, 0.2) is 5.76 Å². The average molecular weight is 319 g/mol. The van der Waals surface area contributed by atoms with Crippen LogP contribution in [0.4, 0.5) is 0 Å². The summed E-state index contributed by atoms with van der Waals surface area (Å²) in [5, 5.41) is 9.03. The SMILES string of the molecule is CCc1cc(C(=O)N(C)Cc2cc(C(=O)O)c(C)o2)oc1CC. The minimum atomic E-state index is -1.04. The number of carboxylic acid groups (broad SMARTS) is 1. The van der Waals surface area contributed by atoms with Crippen molar-refractivity contribution in [3.05, 3.63) is 46.3 Å². The Balaban J connectivity index is 2.15. The van der Waals surface area contributed by atoms with Gasteiger partial charge in [0.1, 0.15) is 22.8 Å². The summed E-state index contributed by atoms with van der Waals surface area (Å²) in [5.74, 6) is 0.568. The largest absolute Gasteiger partial charge is 0.478 e. The van der Waals surface area contributed by atoms with Gasteiger partial charge in [-0.05, 0) is 31.0 Å². The average Bonchev–Trinajstić information content (AvgIpc) is 3.09. The maximum absolute atomic E-state index is 12.4. The summed E-state index contributed by atoms with van der Waals surface area (Å²) >= 11 is 0. The Labute approximate surface area is 134 Å². The van der Waals surface area contributed by atoms with Crippen LogP contribution in [-0.2, 0) is 19.4 Å². The monoisotopic (exact) mass is 319 g/mol.